The topological polar surface area (TPSA) is 78.8 Å². The van der Waals surface area contributed by atoms with Gasteiger partial charge < -0.3 is 20.3 Å². The van der Waals surface area contributed by atoms with Crippen molar-refractivity contribution in [2.24, 2.45) is 0 Å². The zero-order valence-corrected chi connectivity index (χ0v) is 15.3. The van der Waals surface area contributed by atoms with Gasteiger partial charge in [-0.05, 0) is 57.7 Å². The molecule has 25 heavy (non-hydrogen) atoms. The lowest BCUT2D eigenvalue weighted by molar-refractivity contribution is 0.0518. The first kappa shape index (κ1) is 21.0. The van der Waals surface area contributed by atoms with E-state index in [0.29, 0.717) is 13.0 Å². The normalized spacial score (nSPS) is 12.0. The first-order valence-electron chi connectivity index (χ1n) is 8.66. The summed E-state index contributed by atoms with van der Waals surface area (Å²) >= 11 is 0. The Morgan fingerprint density at radius 1 is 1.32 bits per heavy atom. The van der Waals surface area contributed by atoms with Crippen LogP contribution in [0.2, 0.25) is 0 Å². The third-order valence-corrected chi connectivity index (χ3v) is 3.30. The third kappa shape index (κ3) is 9.75. The average Bonchev–Trinajstić information content (AvgIpc) is 2.53. The van der Waals surface area contributed by atoms with E-state index < -0.39 is 17.8 Å². The highest BCUT2D eigenvalue weighted by Gasteiger charge is 2.16. The first-order chi connectivity index (χ1) is 11.8. The van der Waals surface area contributed by atoms with Crippen LogP contribution in [0.5, 0.6) is 0 Å². The summed E-state index contributed by atoms with van der Waals surface area (Å²) in [5.41, 5.74) is 1.08. The van der Waals surface area contributed by atoms with Gasteiger partial charge in [0, 0.05) is 25.1 Å². The number of unbranched alkanes of at least 4 members (excludes halogenated alkanes) is 2. The van der Waals surface area contributed by atoms with Crippen LogP contribution in [0.3, 0.4) is 0 Å². The summed E-state index contributed by atoms with van der Waals surface area (Å²) in [6.45, 7) is 5.93. The lowest BCUT2D eigenvalue weighted by Crippen LogP contribution is -2.33. The lowest BCUT2D eigenvalue weighted by Gasteiger charge is -2.20. The van der Waals surface area contributed by atoms with Crippen LogP contribution in [0.15, 0.2) is 24.3 Å². The summed E-state index contributed by atoms with van der Waals surface area (Å²) in [5, 5.41) is 21.6. The molecule has 0 aliphatic carbocycles. The number of nitrogens with one attached hydrogen (secondary N) is 1. The van der Waals surface area contributed by atoms with Crippen LogP contribution in [-0.2, 0) is 4.74 Å². The molecule has 1 rings (SSSR count). The Hall–Kier alpha value is -2.03. The van der Waals surface area contributed by atoms with Gasteiger partial charge in [-0.15, -0.1) is 0 Å². The van der Waals surface area contributed by atoms with Gasteiger partial charge in [0.1, 0.15) is 5.60 Å². The first-order valence-corrected chi connectivity index (χ1v) is 8.66. The molecule has 5 heteroatoms. The fraction of sp³-hybridized carbons (Fsp3) is 0.550. The number of hydrogen-bond donors (Lipinski definition) is 3. The zero-order chi connectivity index (χ0) is 18.7. The Morgan fingerprint density at radius 2 is 2.08 bits per heavy atom. The fourth-order valence-electron chi connectivity index (χ4n) is 2.11. The summed E-state index contributed by atoms with van der Waals surface area (Å²) in [5.74, 6) is 6.13. The van der Waals surface area contributed by atoms with Gasteiger partial charge in [-0.3, -0.25) is 0 Å². The van der Waals surface area contributed by atoms with Crippen molar-refractivity contribution >= 4 is 6.09 Å². The number of aliphatic hydroxyl groups excluding tert-OH is 2. The quantitative estimate of drug-likeness (QED) is 0.523. The minimum atomic E-state index is -0.675. The van der Waals surface area contributed by atoms with Gasteiger partial charge in [0.15, 0.2) is 0 Å². The lowest BCUT2D eigenvalue weighted by atomic mass is 10.0. The summed E-state index contributed by atoms with van der Waals surface area (Å²) < 4.78 is 5.15. The highest BCUT2D eigenvalue weighted by atomic mass is 16.6. The maximum atomic E-state index is 11.6. The van der Waals surface area contributed by atoms with Crippen LogP contribution in [0.25, 0.3) is 0 Å². The third-order valence-electron chi connectivity index (χ3n) is 3.30. The van der Waals surface area contributed by atoms with Crippen LogP contribution in [0, 0.1) is 11.8 Å². The van der Waals surface area contributed by atoms with E-state index in [-0.39, 0.29) is 6.61 Å². The van der Waals surface area contributed by atoms with Gasteiger partial charge in [0.25, 0.3) is 0 Å². The molecule has 0 aliphatic rings. The summed E-state index contributed by atoms with van der Waals surface area (Å²) in [7, 11) is 0. The molecule has 0 fully saturated rings. The molecule has 1 unspecified atom stereocenters. The molecular formula is C20H29NO4. The van der Waals surface area contributed by atoms with Crippen molar-refractivity contribution in [2.45, 2.75) is 58.2 Å². The van der Waals surface area contributed by atoms with Crippen molar-refractivity contribution in [2.75, 3.05) is 13.2 Å². The Balaban J connectivity index is 2.46. The molecule has 0 saturated carbocycles. The van der Waals surface area contributed by atoms with Gasteiger partial charge in [0.2, 0.25) is 0 Å². The van der Waals surface area contributed by atoms with Gasteiger partial charge in [-0.2, -0.15) is 0 Å². The molecule has 0 aliphatic heterocycles. The van der Waals surface area contributed by atoms with Gasteiger partial charge in [-0.25, -0.2) is 4.79 Å². The van der Waals surface area contributed by atoms with Crippen LogP contribution >= 0.6 is 0 Å². The van der Waals surface area contributed by atoms with E-state index in [1.807, 2.05) is 24.3 Å². The summed E-state index contributed by atoms with van der Waals surface area (Å²) in [6, 6.07) is 7.46. The standard InChI is InChI=1S/C20H29NO4/c1-20(2,3)25-19(24)21-13-12-18(23)17-11-8-10-16(15-17)9-6-4-5-7-14-22/h8,10-11,15,18,22-23H,4-5,7,12-14H2,1-3H3,(H,21,24). The second kappa shape index (κ2) is 10.8. The SMILES string of the molecule is CC(C)(C)OC(=O)NCCC(O)c1cccc(C#CCCCCO)c1. The molecule has 0 spiro atoms. The predicted octanol–water partition coefficient (Wildman–Crippen LogP) is 3.15. The number of benzene rings is 1. The number of rotatable bonds is 7. The fourth-order valence-corrected chi connectivity index (χ4v) is 2.11. The molecule has 1 atom stereocenters. The largest absolute Gasteiger partial charge is 0.444 e. The van der Waals surface area contributed by atoms with Crippen molar-refractivity contribution in [3.8, 4) is 11.8 Å². The second-order valence-electron chi connectivity index (χ2n) is 6.84. The highest BCUT2D eigenvalue weighted by Crippen LogP contribution is 2.17. The average molecular weight is 347 g/mol. The van der Waals surface area contributed by atoms with Crippen LogP contribution < -0.4 is 5.32 Å². The van der Waals surface area contributed by atoms with E-state index in [1.165, 1.54) is 0 Å². The van der Waals surface area contributed by atoms with Crippen molar-refractivity contribution in [3.05, 3.63) is 35.4 Å². The molecule has 0 radical (unpaired) electrons. The molecule has 0 aromatic heterocycles. The number of aliphatic hydroxyl groups is 2. The Morgan fingerprint density at radius 3 is 2.76 bits per heavy atom. The van der Waals surface area contributed by atoms with E-state index in [2.05, 4.69) is 17.2 Å². The van der Waals surface area contributed by atoms with Crippen LogP contribution in [-0.4, -0.2) is 35.1 Å². The van der Waals surface area contributed by atoms with E-state index in [0.717, 1.165) is 30.4 Å². The van der Waals surface area contributed by atoms with Crippen molar-refractivity contribution in [1.29, 1.82) is 0 Å². The molecule has 1 aromatic carbocycles. The van der Waals surface area contributed by atoms with Crippen LogP contribution in [0.1, 0.15) is 63.7 Å². The predicted molar refractivity (Wildman–Crippen MR) is 98.1 cm³/mol. The molecular weight excluding hydrogens is 318 g/mol. The molecule has 0 saturated heterocycles. The molecule has 138 valence electrons. The van der Waals surface area contributed by atoms with E-state index >= 15 is 0 Å². The minimum absolute atomic E-state index is 0.195. The molecule has 5 nitrogen and oxygen atoms in total. The van der Waals surface area contributed by atoms with E-state index in [1.54, 1.807) is 20.8 Å². The second-order valence-corrected chi connectivity index (χ2v) is 6.84. The number of hydrogen-bond acceptors (Lipinski definition) is 4. The maximum absolute atomic E-state index is 11.6. The summed E-state index contributed by atoms with van der Waals surface area (Å²) in [6.07, 6.45) is 1.62. The number of alkyl carbamates (subject to hydrolysis) is 1. The number of carbonyl (C=O) groups is 1. The van der Waals surface area contributed by atoms with Crippen molar-refractivity contribution in [3.63, 3.8) is 0 Å². The molecule has 0 bridgehead atoms. The Kier molecular flexibility index (Phi) is 9.04. The molecule has 0 heterocycles. The summed E-state index contributed by atoms with van der Waals surface area (Å²) in [4.78, 5) is 11.6. The van der Waals surface area contributed by atoms with Gasteiger partial charge in [-0.1, -0.05) is 24.0 Å². The smallest absolute Gasteiger partial charge is 0.407 e. The molecule has 1 aromatic rings. The maximum Gasteiger partial charge on any atom is 0.407 e. The van der Waals surface area contributed by atoms with Gasteiger partial charge >= 0.3 is 6.09 Å². The number of amides is 1. The number of carbonyl (C=O) groups excluding carboxylic acids is 1. The number of ether oxygens (including phenoxy) is 1. The van der Waals surface area contributed by atoms with E-state index in [9.17, 15) is 9.90 Å². The van der Waals surface area contributed by atoms with Crippen molar-refractivity contribution < 1.29 is 19.7 Å². The molecule has 3 N–H and O–H groups in total. The zero-order valence-electron chi connectivity index (χ0n) is 15.3. The van der Waals surface area contributed by atoms with Crippen molar-refractivity contribution in [1.82, 2.24) is 5.32 Å². The van der Waals surface area contributed by atoms with Crippen LogP contribution in [0.4, 0.5) is 4.79 Å². The minimum Gasteiger partial charge on any atom is -0.444 e. The monoisotopic (exact) mass is 347 g/mol. The van der Waals surface area contributed by atoms with Gasteiger partial charge in [0.05, 0.1) is 6.10 Å². The highest BCUT2D eigenvalue weighted by molar-refractivity contribution is 5.67. The Bertz CT molecular complexity index is 596. The molecule has 1 amide bonds. The Labute approximate surface area is 150 Å². The van der Waals surface area contributed by atoms with E-state index in [4.69, 9.17) is 9.84 Å².